The monoisotopic (exact) mass is 266 g/mol. The summed E-state index contributed by atoms with van der Waals surface area (Å²) >= 11 is 0. The number of amides is 1. The number of rotatable bonds is 5. The van der Waals surface area contributed by atoms with Gasteiger partial charge in [-0.05, 0) is 37.5 Å². The molecule has 1 aliphatic carbocycles. The fourth-order valence-electron chi connectivity index (χ4n) is 3.18. The lowest BCUT2D eigenvalue weighted by Crippen LogP contribution is -2.59. The van der Waals surface area contributed by atoms with Gasteiger partial charge in [-0.25, -0.2) is 0 Å². The number of carbonyl (C=O) groups is 1. The van der Waals surface area contributed by atoms with Gasteiger partial charge in [-0.2, -0.15) is 0 Å². The van der Waals surface area contributed by atoms with Crippen LogP contribution in [0.3, 0.4) is 0 Å². The van der Waals surface area contributed by atoms with Crippen molar-refractivity contribution in [2.75, 3.05) is 13.1 Å². The Kier molecular flexibility index (Phi) is 4.88. The van der Waals surface area contributed by atoms with Crippen LogP contribution < -0.4 is 5.32 Å². The number of hydrogen-bond donors (Lipinski definition) is 1. The topological polar surface area (TPSA) is 32.3 Å². The molecule has 1 heterocycles. The van der Waals surface area contributed by atoms with Gasteiger partial charge in [0.1, 0.15) is 0 Å². The van der Waals surface area contributed by atoms with Gasteiger partial charge in [0.2, 0.25) is 5.91 Å². The fraction of sp³-hybridized carbons (Fsp3) is 0.938. The molecule has 1 amide bonds. The van der Waals surface area contributed by atoms with E-state index in [4.69, 9.17) is 0 Å². The van der Waals surface area contributed by atoms with Crippen molar-refractivity contribution < 1.29 is 4.79 Å². The molecule has 2 atom stereocenters. The van der Waals surface area contributed by atoms with Crippen molar-refractivity contribution in [3.05, 3.63) is 0 Å². The van der Waals surface area contributed by atoms with Crippen molar-refractivity contribution >= 4 is 5.91 Å². The molecule has 3 nitrogen and oxygen atoms in total. The van der Waals surface area contributed by atoms with Crippen LogP contribution in [0.1, 0.15) is 53.4 Å². The molecule has 0 aromatic carbocycles. The molecule has 2 aliphatic rings. The smallest absolute Gasteiger partial charge is 0.226 e. The molecule has 1 saturated carbocycles. The summed E-state index contributed by atoms with van der Waals surface area (Å²) in [7, 11) is 0. The van der Waals surface area contributed by atoms with E-state index < -0.39 is 0 Å². The predicted molar refractivity (Wildman–Crippen MR) is 78.9 cm³/mol. The molecule has 2 fully saturated rings. The average molecular weight is 266 g/mol. The number of nitrogens with one attached hydrogen (secondary N) is 1. The third kappa shape index (κ3) is 4.20. The Morgan fingerprint density at radius 1 is 1.16 bits per heavy atom. The van der Waals surface area contributed by atoms with E-state index in [0.29, 0.717) is 35.7 Å². The molecule has 0 bridgehead atoms. The quantitative estimate of drug-likeness (QED) is 0.829. The van der Waals surface area contributed by atoms with Gasteiger partial charge in [-0.3, -0.25) is 4.79 Å². The summed E-state index contributed by atoms with van der Waals surface area (Å²) in [5.41, 5.74) is 0. The number of hydrogen-bond acceptors (Lipinski definition) is 2. The van der Waals surface area contributed by atoms with Crippen LogP contribution in [0.25, 0.3) is 0 Å². The first kappa shape index (κ1) is 14.8. The molecule has 1 saturated heterocycles. The second kappa shape index (κ2) is 6.25. The lowest BCUT2D eigenvalue weighted by molar-refractivity contribution is -0.137. The zero-order valence-corrected chi connectivity index (χ0v) is 13.0. The minimum Gasteiger partial charge on any atom is -0.337 e. The van der Waals surface area contributed by atoms with Crippen LogP contribution in [0.5, 0.6) is 0 Å². The zero-order chi connectivity index (χ0) is 14.0. The normalized spacial score (nSPS) is 28.2. The summed E-state index contributed by atoms with van der Waals surface area (Å²) in [6.45, 7) is 10.9. The Hall–Kier alpha value is -0.570. The van der Waals surface area contributed by atoms with Crippen molar-refractivity contribution in [2.45, 2.75) is 65.5 Å². The third-order valence-corrected chi connectivity index (χ3v) is 4.21. The number of nitrogens with zero attached hydrogens (tertiary/aromatic N) is 1. The molecular weight excluding hydrogens is 236 g/mol. The molecule has 2 rings (SSSR count). The maximum Gasteiger partial charge on any atom is 0.226 e. The van der Waals surface area contributed by atoms with E-state index in [2.05, 4.69) is 37.9 Å². The number of carbonyl (C=O) groups excluding carboxylic acids is 1. The molecule has 19 heavy (non-hydrogen) atoms. The Balaban J connectivity index is 1.98. The Bertz CT molecular complexity index is 310. The van der Waals surface area contributed by atoms with E-state index in [-0.39, 0.29) is 0 Å². The highest BCUT2D eigenvalue weighted by Gasteiger charge is 2.39. The molecule has 1 aliphatic heterocycles. The number of piperazine rings is 1. The standard InChI is InChI=1S/C16H30N2O/c1-11(2)7-14-10-18(16(19)13-5-6-13)15(9-17-14)8-12(3)4/h11-15,17H,5-10H2,1-4H3. The molecule has 2 unspecified atom stereocenters. The highest BCUT2D eigenvalue weighted by Crippen LogP contribution is 2.33. The Labute approximate surface area is 118 Å². The summed E-state index contributed by atoms with van der Waals surface area (Å²) in [4.78, 5) is 14.7. The maximum atomic E-state index is 12.5. The van der Waals surface area contributed by atoms with Gasteiger partial charge < -0.3 is 10.2 Å². The van der Waals surface area contributed by atoms with E-state index in [0.717, 1.165) is 32.4 Å². The lowest BCUT2D eigenvalue weighted by atomic mass is 9.95. The van der Waals surface area contributed by atoms with Crippen molar-refractivity contribution in [2.24, 2.45) is 17.8 Å². The summed E-state index contributed by atoms with van der Waals surface area (Å²) in [6.07, 6.45) is 4.53. The van der Waals surface area contributed by atoms with E-state index in [1.807, 2.05) is 0 Å². The van der Waals surface area contributed by atoms with Crippen molar-refractivity contribution in [1.82, 2.24) is 10.2 Å². The van der Waals surface area contributed by atoms with Crippen LogP contribution in [0.2, 0.25) is 0 Å². The largest absolute Gasteiger partial charge is 0.337 e. The summed E-state index contributed by atoms with van der Waals surface area (Å²) in [5, 5.41) is 3.66. The second-order valence-corrected chi connectivity index (χ2v) is 7.28. The minimum absolute atomic E-state index is 0.354. The molecule has 0 spiro atoms. The van der Waals surface area contributed by atoms with Gasteiger partial charge in [0.05, 0.1) is 0 Å². The first-order valence-corrected chi connectivity index (χ1v) is 8.01. The van der Waals surface area contributed by atoms with E-state index in [1.54, 1.807) is 0 Å². The van der Waals surface area contributed by atoms with Crippen LogP contribution in [-0.2, 0) is 4.79 Å². The van der Waals surface area contributed by atoms with Gasteiger partial charge in [-0.15, -0.1) is 0 Å². The van der Waals surface area contributed by atoms with Crippen LogP contribution in [-0.4, -0.2) is 36.0 Å². The first-order valence-electron chi connectivity index (χ1n) is 8.01. The molecule has 0 aromatic rings. The maximum absolute atomic E-state index is 12.5. The van der Waals surface area contributed by atoms with Crippen LogP contribution in [0, 0.1) is 17.8 Å². The molecule has 110 valence electrons. The van der Waals surface area contributed by atoms with Gasteiger partial charge in [0.15, 0.2) is 0 Å². The molecule has 0 aromatic heterocycles. The van der Waals surface area contributed by atoms with Gasteiger partial charge in [0.25, 0.3) is 0 Å². The van der Waals surface area contributed by atoms with Gasteiger partial charge in [0, 0.05) is 31.1 Å². The van der Waals surface area contributed by atoms with Crippen molar-refractivity contribution in [3.63, 3.8) is 0 Å². The van der Waals surface area contributed by atoms with Crippen LogP contribution >= 0.6 is 0 Å². The molecular formula is C16H30N2O. The minimum atomic E-state index is 0.354. The molecule has 1 N–H and O–H groups in total. The lowest BCUT2D eigenvalue weighted by Gasteiger charge is -2.42. The van der Waals surface area contributed by atoms with E-state index >= 15 is 0 Å². The van der Waals surface area contributed by atoms with Crippen LogP contribution in [0.4, 0.5) is 0 Å². The highest BCUT2D eigenvalue weighted by molar-refractivity contribution is 5.81. The summed E-state index contributed by atoms with van der Waals surface area (Å²) in [5.74, 6) is 2.13. The molecule has 3 heteroatoms. The third-order valence-electron chi connectivity index (χ3n) is 4.21. The molecule has 0 radical (unpaired) electrons. The zero-order valence-electron chi connectivity index (χ0n) is 13.0. The average Bonchev–Trinajstić information content (AvgIpc) is 3.12. The summed E-state index contributed by atoms with van der Waals surface area (Å²) < 4.78 is 0. The van der Waals surface area contributed by atoms with Gasteiger partial charge in [-0.1, -0.05) is 27.7 Å². The SMILES string of the molecule is CC(C)CC1CN(C(=O)C2CC2)C(CC(C)C)CN1. The van der Waals surface area contributed by atoms with Crippen molar-refractivity contribution in [1.29, 1.82) is 0 Å². The van der Waals surface area contributed by atoms with Crippen LogP contribution in [0.15, 0.2) is 0 Å². The van der Waals surface area contributed by atoms with Crippen molar-refractivity contribution in [3.8, 4) is 0 Å². The summed E-state index contributed by atoms with van der Waals surface area (Å²) in [6, 6.07) is 0.905. The van der Waals surface area contributed by atoms with E-state index in [1.165, 1.54) is 6.42 Å². The second-order valence-electron chi connectivity index (χ2n) is 7.28. The predicted octanol–water partition coefficient (Wildman–Crippen LogP) is 2.66. The first-order chi connectivity index (χ1) is 8.97. The Morgan fingerprint density at radius 3 is 2.32 bits per heavy atom. The van der Waals surface area contributed by atoms with E-state index in [9.17, 15) is 4.79 Å². The Morgan fingerprint density at radius 2 is 1.79 bits per heavy atom. The highest BCUT2D eigenvalue weighted by atomic mass is 16.2. The van der Waals surface area contributed by atoms with Gasteiger partial charge >= 0.3 is 0 Å². The fourth-order valence-corrected chi connectivity index (χ4v) is 3.18.